The van der Waals surface area contributed by atoms with Gasteiger partial charge in [0.15, 0.2) is 0 Å². The van der Waals surface area contributed by atoms with Gasteiger partial charge in [-0.2, -0.15) is 0 Å². The van der Waals surface area contributed by atoms with Crippen LogP contribution in [-0.2, 0) is 0 Å². The largest absolute Gasteiger partial charge is 0.375 e. The van der Waals surface area contributed by atoms with E-state index < -0.39 is 0 Å². The van der Waals surface area contributed by atoms with Crippen molar-refractivity contribution in [2.75, 3.05) is 5.32 Å². The monoisotopic (exact) mass is 341 g/mol. The quantitative estimate of drug-likeness (QED) is 0.665. The molecule has 1 aromatic carbocycles. The van der Waals surface area contributed by atoms with Crippen LogP contribution < -0.4 is 5.32 Å². The van der Waals surface area contributed by atoms with Crippen LogP contribution in [0.1, 0.15) is 23.5 Å². The zero-order valence-electron chi connectivity index (χ0n) is 10.4. The number of benzene rings is 1. The minimum absolute atomic E-state index is 0.00129. The van der Waals surface area contributed by atoms with Crippen LogP contribution in [-0.4, -0.2) is 9.91 Å². The summed E-state index contributed by atoms with van der Waals surface area (Å²) in [4.78, 5) is 14.8. The van der Waals surface area contributed by atoms with Crippen molar-refractivity contribution in [1.29, 1.82) is 0 Å². The van der Waals surface area contributed by atoms with Crippen LogP contribution in [0.2, 0.25) is 0 Å². The average Bonchev–Trinajstić information content (AvgIpc) is 2.85. The first kappa shape index (κ1) is 14.0. The molecule has 100 valence electrons. The highest BCUT2D eigenvalue weighted by atomic mass is 79.9. The van der Waals surface area contributed by atoms with Gasteiger partial charge in [0.1, 0.15) is 5.01 Å². The van der Waals surface area contributed by atoms with Crippen molar-refractivity contribution in [2.24, 2.45) is 0 Å². The number of anilines is 1. The number of aryl methyl sites for hydroxylation is 1. The summed E-state index contributed by atoms with van der Waals surface area (Å²) < 4.78 is 0.805. The summed E-state index contributed by atoms with van der Waals surface area (Å²) in [5.74, 6) is 0. The van der Waals surface area contributed by atoms with Gasteiger partial charge in [0.05, 0.1) is 16.7 Å². The lowest BCUT2D eigenvalue weighted by Crippen LogP contribution is -2.07. The van der Waals surface area contributed by atoms with E-state index in [2.05, 4.69) is 26.2 Å². The SMILES string of the molecule is Cc1cc(Br)c(NC(C)c2nccs2)cc1[N+](=O)[O-]. The van der Waals surface area contributed by atoms with E-state index in [1.54, 1.807) is 36.6 Å². The van der Waals surface area contributed by atoms with Gasteiger partial charge >= 0.3 is 0 Å². The first-order chi connectivity index (χ1) is 8.99. The van der Waals surface area contributed by atoms with Crippen LogP contribution in [0.5, 0.6) is 0 Å². The van der Waals surface area contributed by atoms with Gasteiger partial charge in [-0.05, 0) is 35.8 Å². The highest BCUT2D eigenvalue weighted by Gasteiger charge is 2.16. The number of nitro groups is 1. The zero-order valence-corrected chi connectivity index (χ0v) is 12.8. The molecule has 0 saturated heterocycles. The van der Waals surface area contributed by atoms with Crippen molar-refractivity contribution in [2.45, 2.75) is 19.9 Å². The Kier molecular flexibility index (Phi) is 4.16. The first-order valence-corrected chi connectivity index (χ1v) is 7.26. The zero-order chi connectivity index (χ0) is 14.0. The lowest BCUT2D eigenvalue weighted by molar-refractivity contribution is -0.385. The number of rotatable bonds is 4. The Morgan fingerprint density at radius 1 is 1.53 bits per heavy atom. The van der Waals surface area contributed by atoms with E-state index in [1.165, 1.54) is 0 Å². The van der Waals surface area contributed by atoms with E-state index in [4.69, 9.17) is 0 Å². The maximum Gasteiger partial charge on any atom is 0.274 e. The minimum atomic E-state index is -0.374. The van der Waals surface area contributed by atoms with E-state index >= 15 is 0 Å². The Hall–Kier alpha value is -1.47. The fraction of sp³-hybridized carbons (Fsp3) is 0.250. The molecule has 19 heavy (non-hydrogen) atoms. The summed E-state index contributed by atoms with van der Waals surface area (Å²) in [6, 6.07) is 3.29. The Morgan fingerprint density at radius 2 is 2.26 bits per heavy atom. The average molecular weight is 342 g/mol. The second-order valence-corrected chi connectivity index (χ2v) is 5.89. The molecule has 0 fully saturated rings. The Balaban J connectivity index is 2.30. The molecule has 0 aliphatic heterocycles. The normalized spacial score (nSPS) is 12.2. The van der Waals surface area contributed by atoms with Crippen molar-refractivity contribution >= 4 is 38.6 Å². The number of hydrogen-bond acceptors (Lipinski definition) is 5. The fourth-order valence-electron chi connectivity index (χ4n) is 1.71. The molecular weight excluding hydrogens is 330 g/mol. The van der Waals surface area contributed by atoms with Crippen LogP contribution in [0.25, 0.3) is 0 Å². The van der Waals surface area contributed by atoms with Gasteiger partial charge in [-0.25, -0.2) is 4.98 Å². The molecule has 0 aliphatic carbocycles. The molecule has 0 radical (unpaired) electrons. The van der Waals surface area contributed by atoms with Gasteiger partial charge in [-0.1, -0.05) is 0 Å². The van der Waals surface area contributed by atoms with Crippen LogP contribution in [0.4, 0.5) is 11.4 Å². The summed E-state index contributed by atoms with van der Waals surface area (Å²) >= 11 is 4.97. The Labute approximate surface area is 123 Å². The van der Waals surface area contributed by atoms with Gasteiger partial charge < -0.3 is 5.32 Å². The van der Waals surface area contributed by atoms with E-state index in [1.807, 2.05) is 12.3 Å². The fourth-order valence-corrected chi connectivity index (χ4v) is 2.93. The topological polar surface area (TPSA) is 68.1 Å². The van der Waals surface area contributed by atoms with Crippen molar-refractivity contribution in [3.63, 3.8) is 0 Å². The van der Waals surface area contributed by atoms with E-state index in [9.17, 15) is 10.1 Å². The molecule has 0 aliphatic rings. The molecule has 7 heteroatoms. The van der Waals surface area contributed by atoms with Crippen LogP contribution >= 0.6 is 27.3 Å². The molecule has 1 heterocycles. The van der Waals surface area contributed by atoms with Crippen molar-refractivity contribution in [3.05, 3.63) is 48.9 Å². The predicted octanol–water partition coefficient (Wildman–Crippen LogP) is 4.30. The van der Waals surface area contributed by atoms with Gasteiger partial charge in [-0.3, -0.25) is 10.1 Å². The maximum absolute atomic E-state index is 11.0. The maximum atomic E-state index is 11.0. The number of hydrogen-bond donors (Lipinski definition) is 1. The molecule has 0 amide bonds. The number of nitro benzene ring substituents is 1. The van der Waals surface area contributed by atoms with Gasteiger partial charge in [-0.15, -0.1) is 11.3 Å². The standard InChI is InChI=1S/C12H12BrN3O2S/c1-7-5-9(13)10(6-11(7)16(17)18)15-8(2)12-14-3-4-19-12/h3-6,8,15H,1-2H3. The Morgan fingerprint density at radius 3 is 2.84 bits per heavy atom. The third kappa shape index (κ3) is 3.10. The predicted molar refractivity (Wildman–Crippen MR) is 79.7 cm³/mol. The number of aromatic nitrogens is 1. The number of nitrogens with zero attached hydrogens (tertiary/aromatic N) is 2. The van der Waals surface area contributed by atoms with E-state index in [-0.39, 0.29) is 16.7 Å². The summed E-state index contributed by atoms with van der Waals surface area (Å²) in [5.41, 5.74) is 1.43. The summed E-state index contributed by atoms with van der Waals surface area (Å²) in [7, 11) is 0. The van der Waals surface area contributed by atoms with Crippen molar-refractivity contribution < 1.29 is 4.92 Å². The third-order valence-corrected chi connectivity index (χ3v) is 4.29. The van der Waals surface area contributed by atoms with Crippen molar-refractivity contribution in [1.82, 2.24) is 4.98 Å². The smallest absolute Gasteiger partial charge is 0.274 e. The molecule has 1 N–H and O–H groups in total. The molecule has 1 atom stereocenters. The molecule has 0 saturated carbocycles. The summed E-state index contributed by atoms with van der Waals surface area (Å²) in [5, 5.41) is 17.0. The number of thiazole rings is 1. The Bertz CT molecular complexity index is 601. The summed E-state index contributed by atoms with van der Waals surface area (Å²) in [6.45, 7) is 3.69. The van der Waals surface area contributed by atoms with Crippen LogP contribution in [0.15, 0.2) is 28.2 Å². The van der Waals surface area contributed by atoms with E-state index in [0.29, 0.717) is 11.3 Å². The summed E-state index contributed by atoms with van der Waals surface area (Å²) in [6.07, 6.45) is 1.74. The molecule has 5 nitrogen and oxygen atoms in total. The van der Waals surface area contributed by atoms with Crippen LogP contribution in [0.3, 0.4) is 0 Å². The second-order valence-electron chi connectivity index (χ2n) is 4.11. The van der Waals surface area contributed by atoms with Gasteiger partial charge in [0.2, 0.25) is 0 Å². The van der Waals surface area contributed by atoms with Gasteiger partial charge in [0, 0.05) is 27.7 Å². The second kappa shape index (κ2) is 5.66. The van der Waals surface area contributed by atoms with Crippen molar-refractivity contribution in [3.8, 4) is 0 Å². The molecule has 0 bridgehead atoms. The molecule has 0 spiro atoms. The van der Waals surface area contributed by atoms with Gasteiger partial charge in [0.25, 0.3) is 5.69 Å². The van der Waals surface area contributed by atoms with Crippen LogP contribution in [0, 0.1) is 17.0 Å². The lowest BCUT2D eigenvalue weighted by atomic mass is 10.1. The number of nitrogens with one attached hydrogen (secondary N) is 1. The molecule has 2 aromatic rings. The molecule has 2 rings (SSSR count). The first-order valence-electron chi connectivity index (χ1n) is 5.59. The third-order valence-electron chi connectivity index (χ3n) is 2.68. The highest BCUT2D eigenvalue weighted by Crippen LogP contribution is 2.33. The molecule has 1 aromatic heterocycles. The lowest BCUT2D eigenvalue weighted by Gasteiger charge is -2.14. The minimum Gasteiger partial charge on any atom is -0.375 e. The highest BCUT2D eigenvalue weighted by molar-refractivity contribution is 9.10. The number of halogens is 1. The molecular formula is C12H12BrN3O2S. The molecule has 1 unspecified atom stereocenters. The van der Waals surface area contributed by atoms with E-state index in [0.717, 1.165) is 9.48 Å².